The minimum absolute atomic E-state index is 0.171. The minimum atomic E-state index is -0.293. The lowest BCUT2D eigenvalue weighted by atomic mass is 10.1. The van der Waals surface area contributed by atoms with E-state index in [0.29, 0.717) is 34.7 Å². The first-order valence-electron chi connectivity index (χ1n) is 6.72. The Kier molecular flexibility index (Phi) is 4.42. The quantitative estimate of drug-likeness (QED) is 0.756. The molecule has 0 bridgehead atoms. The SMILES string of the molecule is CCNC(=O)c1ccc(N)c(Nc2ccc(C)c(F)c2)c1. The van der Waals surface area contributed by atoms with Crippen molar-refractivity contribution in [3.05, 3.63) is 53.3 Å². The van der Waals surface area contributed by atoms with Crippen LogP contribution in [0.4, 0.5) is 21.5 Å². The van der Waals surface area contributed by atoms with E-state index in [1.165, 1.54) is 6.07 Å². The Balaban J connectivity index is 2.28. The maximum Gasteiger partial charge on any atom is 0.251 e. The second kappa shape index (κ2) is 6.26. The number of hydrogen-bond acceptors (Lipinski definition) is 3. The predicted octanol–water partition coefficient (Wildman–Crippen LogP) is 3.21. The van der Waals surface area contributed by atoms with Gasteiger partial charge in [-0.2, -0.15) is 0 Å². The van der Waals surface area contributed by atoms with Crippen molar-refractivity contribution in [1.82, 2.24) is 5.32 Å². The van der Waals surface area contributed by atoms with E-state index < -0.39 is 0 Å². The fourth-order valence-corrected chi connectivity index (χ4v) is 1.89. The number of nitrogen functional groups attached to an aromatic ring is 1. The van der Waals surface area contributed by atoms with Crippen molar-refractivity contribution in [3.8, 4) is 0 Å². The van der Waals surface area contributed by atoms with E-state index in [-0.39, 0.29) is 11.7 Å². The van der Waals surface area contributed by atoms with Gasteiger partial charge in [-0.15, -0.1) is 0 Å². The Morgan fingerprint density at radius 2 is 2.00 bits per heavy atom. The van der Waals surface area contributed by atoms with E-state index in [0.717, 1.165) is 0 Å². The van der Waals surface area contributed by atoms with Crippen molar-refractivity contribution < 1.29 is 9.18 Å². The van der Waals surface area contributed by atoms with Gasteiger partial charge in [0.25, 0.3) is 5.91 Å². The average Bonchev–Trinajstić information content (AvgIpc) is 2.45. The van der Waals surface area contributed by atoms with Crippen LogP contribution in [0.15, 0.2) is 36.4 Å². The third-order valence-corrected chi connectivity index (χ3v) is 3.10. The number of rotatable bonds is 4. The summed E-state index contributed by atoms with van der Waals surface area (Å²) >= 11 is 0. The van der Waals surface area contributed by atoms with Crippen LogP contribution in [0.3, 0.4) is 0 Å². The van der Waals surface area contributed by atoms with Crippen molar-refractivity contribution in [2.75, 3.05) is 17.6 Å². The molecule has 0 aromatic heterocycles. The van der Waals surface area contributed by atoms with Gasteiger partial charge in [0.15, 0.2) is 0 Å². The van der Waals surface area contributed by atoms with Gasteiger partial charge in [0.2, 0.25) is 0 Å². The summed E-state index contributed by atoms with van der Waals surface area (Å²) in [5.74, 6) is -0.464. The summed E-state index contributed by atoms with van der Waals surface area (Å²) in [5, 5.41) is 5.75. The van der Waals surface area contributed by atoms with Crippen molar-refractivity contribution in [3.63, 3.8) is 0 Å². The average molecular weight is 287 g/mol. The molecular formula is C16H18FN3O. The monoisotopic (exact) mass is 287 g/mol. The Morgan fingerprint density at radius 3 is 2.67 bits per heavy atom. The van der Waals surface area contributed by atoms with Crippen LogP contribution in [-0.2, 0) is 0 Å². The number of nitrogens with one attached hydrogen (secondary N) is 2. The van der Waals surface area contributed by atoms with E-state index in [1.807, 2.05) is 6.92 Å². The highest BCUT2D eigenvalue weighted by Crippen LogP contribution is 2.25. The van der Waals surface area contributed by atoms with E-state index in [4.69, 9.17) is 5.73 Å². The molecular weight excluding hydrogens is 269 g/mol. The first-order valence-corrected chi connectivity index (χ1v) is 6.72. The highest BCUT2D eigenvalue weighted by Gasteiger charge is 2.08. The topological polar surface area (TPSA) is 67.2 Å². The molecule has 2 aromatic rings. The predicted molar refractivity (Wildman–Crippen MR) is 83.3 cm³/mol. The zero-order valence-corrected chi connectivity index (χ0v) is 12.0. The highest BCUT2D eigenvalue weighted by atomic mass is 19.1. The smallest absolute Gasteiger partial charge is 0.251 e. The van der Waals surface area contributed by atoms with Crippen LogP contribution < -0.4 is 16.4 Å². The maximum absolute atomic E-state index is 13.6. The standard InChI is InChI=1S/C16H18FN3O/c1-3-19-16(21)11-5-7-14(18)15(8-11)20-12-6-4-10(2)13(17)9-12/h4-9,20H,3,18H2,1-2H3,(H,19,21). The molecule has 2 aromatic carbocycles. The largest absolute Gasteiger partial charge is 0.397 e. The van der Waals surface area contributed by atoms with Gasteiger partial charge in [-0.3, -0.25) is 4.79 Å². The van der Waals surface area contributed by atoms with Crippen LogP contribution in [0.25, 0.3) is 0 Å². The summed E-state index contributed by atoms with van der Waals surface area (Å²) in [7, 11) is 0. The molecule has 0 aliphatic rings. The molecule has 0 saturated carbocycles. The highest BCUT2D eigenvalue weighted by molar-refractivity contribution is 5.96. The lowest BCUT2D eigenvalue weighted by molar-refractivity contribution is 0.0956. The molecule has 0 heterocycles. The van der Waals surface area contributed by atoms with Gasteiger partial charge in [-0.1, -0.05) is 6.07 Å². The van der Waals surface area contributed by atoms with Gasteiger partial charge < -0.3 is 16.4 Å². The third kappa shape index (κ3) is 3.51. The number of carbonyl (C=O) groups is 1. The molecule has 0 radical (unpaired) electrons. The number of benzene rings is 2. The van der Waals surface area contributed by atoms with Crippen molar-refractivity contribution in [2.45, 2.75) is 13.8 Å². The van der Waals surface area contributed by atoms with E-state index in [2.05, 4.69) is 10.6 Å². The summed E-state index contributed by atoms with van der Waals surface area (Å²) in [4.78, 5) is 11.8. The summed E-state index contributed by atoms with van der Waals surface area (Å²) in [6, 6.07) is 9.79. The van der Waals surface area contributed by atoms with Crippen LogP contribution >= 0.6 is 0 Å². The number of amides is 1. The first-order chi connectivity index (χ1) is 10.0. The van der Waals surface area contributed by atoms with Crippen molar-refractivity contribution in [1.29, 1.82) is 0 Å². The molecule has 0 aliphatic carbocycles. The van der Waals surface area contributed by atoms with E-state index in [1.54, 1.807) is 37.3 Å². The Bertz CT molecular complexity index is 671. The van der Waals surface area contributed by atoms with Crippen LogP contribution in [0, 0.1) is 12.7 Å². The van der Waals surface area contributed by atoms with Gasteiger partial charge >= 0.3 is 0 Å². The number of carbonyl (C=O) groups excluding carboxylic acids is 1. The number of aryl methyl sites for hydroxylation is 1. The molecule has 21 heavy (non-hydrogen) atoms. The van der Waals surface area contributed by atoms with Gasteiger partial charge in [0, 0.05) is 17.8 Å². The van der Waals surface area contributed by atoms with E-state index in [9.17, 15) is 9.18 Å². The number of nitrogens with two attached hydrogens (primary N) is 1. The summed E-state index contributed by atoms with van der Waals surface area (Å²) in [5.41, 5.74) is 8.61. The van der Waals surface area contributed by atoms with Gasteiger partial charge in [0.05, 0.1) is 11.4 Å². The van der Waals surface area contributed by atoms with Crippen molar-refractivity contribution in [2.24, 2.45) is 0 Å². The lowest BCUT2D eigenvalue weighted by Gasteiger charge is -2.12. The molecule has 4 N–H and O–H groups in total. The second-order valence-electron chi connectivity index (χ2n) is 4.75. The Morgan fingerprint density at radius 1 is 1.24 bits per heavy atom. The molecule has 0 spiro atoms. The molecule has 4 nitrogen and oxygen atoms in total. The Labute approximate surface area is 123 Å². The maximum atomic E-state index is 13.6. The molecule has 0 fully saturated rings. The fourth-order valence-electron chi connectivity index (χ4n) is 1.89. The first kappa shape index (κ1) is 14.8. The molecule has 0 saturated heterocycles. The van der Waals surface area contributed by atoms with Crippen LogP contribution in [0.5, 0.6) is 0 Å². The number of hydrogen-bond donors (Lipinski definition) is 3. The lowest BCUT2D eigenvalue weighted by Crippen LogP contribution is -2.22. The summed E-state index contributed by atoms with van der Waals surface area (Å²) in [6.45, 7) is 4.10. The van der Waals surface area contributed by atoms with Crippen LogP contribution in [0.2, 0.25) is 0 Å². The molecule has 110 valence electrons. The minimum Gasteiger partial charge on any atom is -0.397 e. The Hall–Kier alpha value is -2.56. The molecule has 5 heteroatoms. The van der Waals surface area contributed by atoms with Gasteiger partial charge in [0.1, 0.15) is 5.82 Å². The van der Waals surface area contributed by atoms with Crippen LogP contribution in [-0.4, -0.2) is 12.5 Å². The molecule has 1 amide bonds. The zero-order chi connectivity index (χ0) is 15.4. The second-order valence-corrected chi connectivity index (χ2v) is 4.75. The number of anilines is 3. The zero-order valence-electron chi connectivity index (χ0n) is 12.0. The third-order valence-electron chi connectivity index (χ3n) is 3.10. The summed E-state index contributed by atoms with van der Waals surface area (Å²) < 4.78 is 13.6. The molecule has 0 aliphatic heterocycles. The fraction of sp³-hybridized carbons (Fsp3) is 0.188. The molecule has 0 unspecified atom stereocenters. The molecule has 2 rings (SSSR count). The summed E-state index contributed by atoms with van der Waals surface area (Å²) in [6.07, 6.45) is 0. The van der Waals surface area contributed by atoms with Crippen molar-refractivity contribution >= 4 is 23.0 Å². The van der Waals surface area contributed by atoms with E-state index >= 15 is 0 Å². The molecule has 0 atom stereocenters. The van der Waals surface area contributed by atoms with Crippen LogP contribution in [0.1, 0.15) is 22.8 Å². The number of halogens is 1. The van der Waals surface area contributed by atoms with Gasteiger partial charge in [-0.25, -0.2) is 4.39 Å². The van der Waals surface area contributed by atoms with Gasteiger partial charge in [-0.05, 0) is 49.7 Å². The normalized spacial score (nSPS) is 10.2.